The van der Waals surface area contributed by atoms with Crippen LogP contribution >= 0.6 is 0 Å². The van der Waals surface area contributed by atoms with E-state index in [1.54, 1.807) is 0 Å². The number of hydrogen-bond acceptors (Lipinski definition) is 7. The molecule has 0 aliphatic heterocycles. The van der Waals surface area contributed by atoms with E-state index < -0.39 is 26.3 Å². The first-order valence-electron chi connectivity index (χ1n) is 7.03. The average Bonchev–Trinajstić information content (AvgIpc) is 2.54. The van der Waals surface area contributed by atoms with Gasteiger partial charge in [0, 0.05) is 30.6 Å². The first-order valence-corrected chi connectivity index (χ1v) is 8.92. The minimum atomic E-state index is -3.74. The molecule has 0 unspecified atom stereocenters. The molecule has 2 heterocycles. The van der Waals surface area contributed by atoms with Crippen LogP contribution in [-0.2, 0) is 10.0 Å². The first-order chi connectivity index (χ1) is 12.1. The Morgan fingerprint density at radius 3 is 2.46 bits per heavy atom. The predicted molar refractivity (Wildman–Crippen MR) is 93.1 cm³/mol. The second-order valence-corrected chi connectivity index (χ2v) is 7.09. The molecule has 0 radical (unpaired) electrons. The van der Waals surface area contributed by atoms with Crippen molar-refractivity contribution in [2.24, 2.45) is 0 Å². The summed E-state index contributed by atoms with van der Waals surface area (Å²) >= 11 is 0. The maximum absolute atomic E-state index is 11.9. The van der Waals surface area contributed by atoms with Crippen LogP contribution in [0.4, 0.5) is 11.5 Å². The molecule has 1 aromatic carbocycles. The summed E-state index contributed by atoms with van der Waals surface area (Å²) in [6.07, 6.45) is 3.55. The molecule has 0 aliphatic carbocycles. The molecule has 3 rings (SSSR count). The van der Waals surface area contributed by atoms with Gasteiger partial charge in [-0.1, -0.05) is 0 Å². The van der Waals surface area contributed by atoms with Gasteiger partial charge in [0.15, 0.2) is 5.43 Å². The van der Waals surface area contributed by atoms with E-state index in [4.69, 9.17) is 0 Å². The number of nitro benzene ring substituents is 1. The van der Waals surface area contributed by atoms with Crippen LogP contribution in [0.2, 0.25) is 0 Å². The van der Waals surface area contributed by atoms with Crippen LogP contribution in [0.15, 0.2) is 46.2 Å². The molecule has 0 aliphatic rings. The highest BCUT2D eigenvalue weighted by atomic mass is 32.2. The van der Waals surface area contributed by atoms with E-state index in [1.165, 1.54) is 35.2 Å². The van der Waals surface area contributed by atoms with E-state index >= 15 is 0 Å². The highest BCUT2D eigenvalue weighted by molar-refractivity contribution is 7.92. The number of benzene rings is 1. The van der Waals surface area contributed by atoms with Crippen LogP contribution in [0.3, 0.4) is 0 Å². The van der Waals surface area contributed by atoms with Crippen molar-refractivity contribution in [2.75, 3.05) is 11.0 Å². The number of rotatable bonds is 4. The van der Waals surface area contributed by atoms with Gasteiger partial charge in [-0.05, 0) is 6.07 Å². The van der Waals surface area contributed by atoms with E-state index in [2.05, 4.69) is 9.97 Å². The van der Waals surface area contributed by atoms with E-state index in [1.807, 2.05) is 4.72 Å². The number of nitrogens with one attached hydrogen (secondary N) is 2. The van der Waals surface area contributed by atoms with Crippen molar-refractivity contribution in [3.63, 3.8) is 0 Å². The lowest BCUT2D eigenvalue weighted by atomic mass is 10.2. The zero-order chi connectivity index (χ0) is 19.1. The molecule has 0 saturated carbocycles. The Morgan fingerprint density at radius 2 is 1.88 bits per heavy atom. The maximum atomic E-state index is 11.9. The van der Waals surface area contributed by atoms with Crippen molar-refractivity contribution in [3.8, 4) is 5.69 Å². The smallest absolute Gasteiger partial charge is 0.295 e. The Balaban J connectivity index is 2.29. The summed E-state index contributed by atoms with van der Waals surface area (Å²) in [6.45, 7) is 0. The van der Waals surface area contributed by atoms with Gasteiger partial charge in [0.2, 0.25) is 15.8 Å². The lowest BCUT2D eigenvalue weighted by molar-refractivity contribution is -0.384. The third kappa shape index (κ3) is 3.44. The van der Waals surface area contributed by atoms with Crippen LogP contribution in [-0.4, -0.2) is 34.1 Å². The van der Waals surface area contributed by atoms with Crippen molar-refractivity contribution in [3.05, 3.63) is 67.4 Å². The molecule has 134 valence electrons. The fraction of sp³-hybridized carbons (Fsp3) is 0.0714. The predicted octanol–water partition coefficient (Wildman–Crippen LogP) is 0.354. The fourth-order valence-corrected chi connectivity index (χ4v) is 2.77. The van der Waals surface area contributed by atoms with E-state index in [9.17, 15) is 28.1 Å². The molecular formula is C14H11N5O6S. The van der Waals surface area contributed by atoms with Crippen molar-refractivity contribution in [1.29, 1.82) is 0 Å². The van der Waals surface area contributed by atoms with Crippen LogP contribution in [0, 0.1) is 10.1 Å². The third-order valence-electron chi connectivity index (χ3n) is 3.34. The lowest BCUT2D eigenvalue weighted by Gasteiger charge is -2.09. The summed E-state index contributed by atoms with van der Waals surface area (Å²) in [5.74, 6) is -0.459. The molecule has 2 N–H and O–H groups in total. The second kappa shape index (κ2) is 6.07. The summed E-state index contributed by atoms with van der Waals surface area (Å²) in [6, 6.07) is 4.87. The molecule has 3 aromatic rings. The highest BCUT2D eigenvalue weighted by Gasteiger charge is 2.19. The SMILES string of the molecule is CS(=O)(=O)Nc1nc2cc(-n3ccc(=O)cc3)c([N+](=O)[O-])cc2[nH]c1=O. The topological polar surface area (TPSA) is 157 Å². The number of anilines is 1. The summed E-state index contributed by atoms with van der Waals surface area (Å²) in [5, 5.41) is 11.4. The van der Waals surface area contributed by atoms with Crippen LogP contribution < -0.4 is 15.7 Å². The molecule has 0 bridgehead atoms. The monoisotopic (exact) mass is 377 g/mol. The van der Waals surface area contributed by atoms with Gasteiger partial charge >= 0.3 is 0 Å². The van der Waals surface area contributed by atoms with Crippen molar-refractivity contribution < 1.29 is 13.3 Å². The van der Waals surface area contributed by atoms with Crippen LogP contribution in [0.25, 0.3) is 16.7 Å². The molecule has 0 atom stereocenters. The molecule has 2 aromatic heterocycles. The molecule has 0 fully saturated rings. The first kappa shape index (κ1) is 17.3. The van der Waals surface area contributed by atoms with Gasteiger partial charge in [-0.2, -0.15) is 0 Å². The maximum Gasteiger partial charge on any atom is 0.295 e. The number of nitro groups is 1. The Morgan fingerprint density at radius 1 is 1.23 bits per heavy atom. The second-order valence-electron chi connectivity index (χ2n) is 5.35. The zero-order valence-corrected chi connectivity index (χ0v) is 14.0. The highest BCUT2D eigenvalue weighted by Crippen LogP contribution is 2.27. The number of sulfonamides is 1. The van der Waals surface area contributed by atoms with E-state index in [0.717, 1.165) is 12.3 Å². The number of nitrogens with zero attached hydrogens (tertiary/aromatic N) is 3. The molecular weight excluding hydrogens is 366 g/mol. The molecule has 11 nitrogen and oxygen atoms in total. The Kier molecular flexibility index (Phi) is 4.04. The Hall–Kier alpha value is -3.54. The molecule has 26 heavy (non-hydrogen) atoms. The number of aromatic nitrogens is 3. The summed E-state index contributed by atoms with van der Waals surface area (Å²) in [5.41, 5.74) is -1.17. The van der Waals surface area contributed by atoms with Gasteiger partial charge in [-0.3, -0.25) is 24.4 Å². The van der Waals surface area contributed by atoms with Crippen molar-refractivity contribution in [2.45, 2.75) is 0 Å². The summed E-state index contributed by atoms with van der Waals surface area (Å²) < 4.78 is 26.0. The quantitative estimate of drug-likeness (QED) is 0.490. The van der Waals surface area contributed by atoms with Crippen molar-refractivity contribution in [1.82, 2.24) is 14.5 Å². The van der Waals surface area contributed by atoms with E-state index in [0.29, 0.717) is 0 Å². The zero-order valence-electron chi connectivity index (χ0n) is 13.2. The number of hydrogen-bond donors (Lipinski definition) is 2. The number of aromatic amines is 1. The molecule has 0 saturated heterocycles. The largest absolute Gasteiger partial charge is 0.318 e. The van der Waals surface area contributed by atoms with Gasteiger partial charge in [-0.15, -0.1) is 0 Å². The third-order valence-corrected chi connectivity index (χ3v) is 3.91. The van der Waals surface area contributed by atoms with E-state index in [-0.39, 0.29) is 27.8 Å². The average molecular weight is 377 g/mol. The van der Waals surface area contributed by atoms with Crippen molar-refractivity contribution >= 4 is 32.6 Å². The molecule has 0 spiro atoms. The standard InChI is InChI=1S/C14H11N5O6S/c1-26(24,25)17-13-14(21)16-10-7-12(19(22)23)11(6-9(10)15-13)18-4-2-8(20)3-5-18/h2-7H,1H3,(H,15,17)(H,16,21). The van der Waals surface area contributed by atoms with Crippen LogP contribution in [0.1, 0.15) is 0 Å². The minimum Gasteiger partial charge on any atom is -0.318 e. The van der Waals surface area contributed by atoms with Gasteiger partial charge < -0.3 is 9.55 Å². The number of H-pyrrole nitrogens is 1. The van der Waals surface area contributed by atoms with Crippen LogP contribution in [0.5, 0.6) is 0 Å². The molecule has 0 amide bonds. The number of pyridine rings is 1. The fourth-order valence-electron chi connectivity index (χ4n) is 2.28. The van der Waals surface area contributed by atoms with Gasteiger partial charge in [0.25, 0.3) is 11.2 Å². The Labute approximate surface area is 145 Å². The summed E-state index contributed by atoms with van der Waals surface area (Å²) in [7, 11) is -3.74. The summed E-state index contributed by atoms with van der Waals surface area (Å²) in [4.78, 5) is 40.2. The number of fused-ring (bicyclic) bond motifs is 1. The lowest BCUT2D eigenvalue weighted by Crippen LogP contribution is -2.20. The van der Waals surface area contributed by atoms with Gasteiger partial charge in [0.05, 0.1) is 22.2 Å². The van der Waals surface area contributed by atoms with Gasteiger partial charge in [0.1, 0.15) is 5.69 Å². The minimum absolute atomic E-state index is 0.0607. The molecule has 12 heteroatoms. The Bertz CT molecular complexity index is 1240. The van der Waals surface area contributed by atoms with Gasteiger partial charge in [-0.25, -0.2) is 13.4 Å². The normalized spacial score (nSPS) is 11.4.